The van der Waals surface area contributed by atoms with Gasteiger partial charge in [0.2, 0.25) is 0 Å². The molecular formula is C31H41N3O2. The minimum Gasteiger partial charge on any atom is -0.426 e. The summed E-state index contributed by atoms with van der Waals surface area (Å²) in [5.41, 5.74) is 1.26. The van der Waals surface area contributed by atoms with Gasteiger partial charge in [0.25, 0.3) is 0 Å². The van der Waals surface area contributed by atoms with E-state index in [4.69, 9.17) is 10.00 Å². The predicted molar refractivity (Wildman–Crippen MR) is 142 cm³/mol. The second-order valence-electron chi connectivity index (χ2n) is 10.9. The molecule has 1 aromatic carbocycles. The molecule has 0 spiro atoms. The maximum absolute atomic E-state index is 12.8. The molecule has 0 atom stereocenters. The summed E-state index contributed by atoms with van der Waals surface area (Å²) >= 11 is 0. The van der Waals surface area contributed by atoms with E-state index in [9.17, 15) is 4.79 Å². The number of nitrogens with zero attached hydrogens (tertiary/aromatic N) is 3. The highest BCUT2D eigenvalue weighted by Crippen LogP contribution is 2.42. The number of rotatable bonds is 10. The summed E-state index contributed by atoms with van der Waals surface area (Å²) in [7, 11) is 0. The second kappa shape index (κ2) is 13.5. The molecule has 2 aromatic rings. The molecule has 1 heterocycles. The summed E-state index contributed by atoms with van der Waals surface area (Å²) in [6, 6.07) is 9.31. The van der Waals surface area contributed by atoms with Gasteiger partial charge in [-0.25, -0.2) is 9.97 Å². The van der Waals surface area contributed by atoms with Gasteiger partial charge in [0.1, 0.15) is 11.8 Å². The van der Waals surface area contributed by atoms with Gasteiger partial charge in [-0.2, -0.15) is 5.26 Å². The van der Waals surface area contributed by atoms with Gasteiger partial charge in [-0.1, -0.05) is 58.3 Å². The van der Waals surface area contributed by atoms with Gasteiger partial charge < -0.3 is 4.74 Å². The van der Waals surface area contributed by atoms with E-state index in [1.807, 2.05) is 18.2 Å². The fourth-order valence-corrected chi connectivity index (χ4v) is 6.22. The lowest BCUT2D eigenvalue weighted by Gasteiger charge is -2.37. The van der Waals surface area contributed by atoms with Gasteiger partial charge in [-0.3, -0.25) is 4.79 Å². The lowest BCUT2D eigenvalue weighted by molar-refractivity contribution is -0.140. The van der Waals surface area contributed by atoms with Crippen LogP contribution >= 0.6 is 0 Å². The van der Waals surface area contributed by atoms with Gasteiger partial charge in [0.15, 0.2) is 5.82 Å². The molecule has 0 unspecified atom stereocenters. The van der Waals surface area contributed by atoms with Crippen molar-refractivity contribution in [2.24, 2.45) is 23.7 Å². The van der Waals surface area contributed by atoms with Crippen LogP contribution in [0.4, 0.5) is 0 Å². The van der Waals surface area contributed by atoms with Crippen LogP contribution in [0.5, 0.6) is 5.75 Å². The van der Waals surface area contributed by atoms with Crippen LogP contribution in [0.1, 0.15) is 102 Å². The van der Waals surface area contributed by atoms with Crippen molar-refractivity contribution >= 4 is 5.97 Å². The first kappa shape index (κ1) is 26.3. The van der Waals surface area contributed by atoms with E-state index in [0.29, 0.717) is 17.1 Å². The molecule has 0 aliphatic heterocycles. The molecule has 0 radical (unpaired) electrons. The number of esters is 1. The van der Waals surface area contributed by atoms with Crippen molar-refractivity contribution < 1.29 is 9.53 Å². The predicted octanol–water partition coefficient (Wildman–Crippen LogP) is 7.89. The number of unbranched alkanes of at least 4 members (excludes halogenated alkanes) is 4. The van der Waals surface area contributed by atoms with Crippen molar-refractivity contribution in [3.8, 4) is 23.2 Å². The molecule has 192 valence electrons. The largest absolute Gasteiger partial charge is 0.426 e. The number of ether oxygens (including phenoxy) is 1. The van der Waals surface area contributed by atoms with Crippen LogP contribution in [0, 0.1) is 35.0 Å². The normalized spacial score (nSPS) is 24.1. The quantitative estimate of drug-likeness (QED) is 0.193. The Kier molecular flexibility index (Phi) is 9.90. The molecule has 2 fully saturated rings. The minimum atomic E-state index is -0.0948. The van der Waals surface area contributed by atoms with Crippen LogP contribution in [0.25, 0.3) is 11.4 Å². The Bertz CT molecular complexity index is 980. The van der Waals surface area contributed by atoms with Crippen LogP contribution in [-0.4, -0.2) is 15.9 Å². The molecule has 0 amide bonds. The number of hydrogen-bond acceptors (Lipinski definition) is 5. The summed E-state index contributed by atoms with van der Waals surface area (Å²) in [6.07, 6.45) is 21.3. The molecule has 1 aromatic heterocycles. The van der Waals surface area contributed by atoms with E-state index in [2.05, 4.69) is 16.9 Å². The highest BCUT2D eigenvalue weighted by Gasteiger charge is 2.33. The fraction of sp³-hybridized carbons (Fsp3) is 0.613. The Morgan fingerprint density at radius 2 is 1.50 bits per heavy atom. The van der Waals surface area contributed by atoms with Gasteiger partial charge >= 0.3 is 5.97 Å². The van der Waals surface area contributed by atoms with Gasteiger partial charge in [-0.05, 0) is 80.5 Å². The SMILES string of the molecule is CCCCCCC[C@H]1CC[C@H]([C@H]2CC[C@H](C(=O)Oc3ccc(-c4ncc(C#N)cn4)cc3)CC2)CC1. The average Bonchev–Trinajstić information content (AvgIpc) is 2.94. The monoisotopic (exact) mass is 487 g/mol. The van der Waals surface area contributed by atoms with E-state index in [-0.39, 0.29) is 11.9 Å². The van der Waals surface area contributed by atoms with E-state index < -0.39 is 0 Å². The smallest absolute Gasteiger partial charge is 0.314 e. The zero-order chi connectivity index (χ0) is 25.2. The lowest BCUT2D eigenvalue weighted by atomic mass is 9.68. The van der Waals surface area contributed by atoms with Gasteiger partial charge in [0, 0.05) is 18.0 Å². The Balaban J connectivity index is 1.16. The third-order valence-electron chi connectivity index (χ3n) is 8.49. The van der Waals surface area contributed by atoms with Crippen LogP contribution in [0.15, 0.2) is 36.7 Å². The molecule has 4 rings (SSSR count). The summed E-state index contributed by atoms with van der Waals surface area (Å²) in [6.45, 7) is 2.28. The number of carbonyl (C=O) groups is 1. The molecule has 0 bridgehead atoms. The van der Waals surface area contributed by atoms with Crippen LogP contribution in [0.2, 0.25) is 0 Å². The molecule has 2 aliphatic rings. The van der Waals surface area contributed by atoms with Crippen molar-refractivity contribution in [1.29, 1.82) is 5.26 Å². The van der Waals surface area contributed by atoms with Crippen molar-refractivity contribution in [2.75, 3.05) is 0 Å². The van der Waals surface area contributed by atoms with Crippen LogP contribution < -0.4 is 4.74 Å². The number of benzene rings is 1. The van der Waals surface area contributed by atoms with Crippen molar-refractivity contribution in [3.05, 3.63) is 42.2 Å². The first-order valence-corrected chi connectivity index (χ1v) is 14.2. The number of aromatic nitrogens is 2. The zero-order valence-electron chi connectivity index (χ0n) is 21.8. The molecule has 0 saturated heterocycles. The van der Waals surface area contributed by atoms with Crippen molar-refractivity contribution in [2.45, 2.75) is 96.8 Å². The Morgan fingerprint density at radius 1 is 0.889 bits per heavy atom. The molecule has 5 nitrogen and oxygen atoms in total. The Labute approximate surface area is 216 Å². The maximum Gasteiger partial charge on any atom is 0.314 e. The first-order valence-electron chi connectivity index (χ1n) is 14.2. The van der Waals surface area contributed by atoms with E-state index >= 15 is 0 Å². The Morgan fingerprint density at radius 3 is 2.11 bits per heavy atom. The van der Waals surface area contributed by atoms with Crippen molar-refractivity contribution in [3.63, 3.8) is 0 Å². The van der Waals surface area contributed by atoms with E-state index in [1.165, 1.54) is 89.4 Å². The fourth-order valence-electron chi connectivity index (χ4n) is 6.22. The molecule has 5 heteroatoms. The third-order valence-corrected chi connectivity index (χ3v) is 8.49. The molecule has 36 heavy (non-hydrogen) atoms. The van der Waals surface area contributed by atoms with Crippen molar-refractivity contribution in [1.82, 2.24) is 9.97 Å². The van der Waals surface area contributed by atoms with E-state index in [1.54, 1.807) is 12.1 Å². The highest BCUT2D eigenvalue weighted by molar-refractivity contribution is 5.75. The minimum absolute atomic E-state index is 0.0160. The Hall–Kier alpha value is -2.74. The van der Waals surface area contributed by atoms with Crippen LogP contribution in [0.3, 0.4) is 0 Å². The third kappa shape index (κ3) is 7.38. The van der Waals surface area contributed by atoms with Gasteiger partial charge in [-0.15, -0.1) is 0 Å². The number of carbonyl (C=O) groups excluding carboxylic acids is 1. The van der Waals surface area contributed by atoms with Gasteiger partial charge in [0.05, 0.1) is 11.5 Å². The molecule has 0 N–H and O–H groups in total. The average molecular weight is 488 g/mol. The zero-order valence-corrected chi connectivity index (χ0v) is 21.8. The maximum atomic E-state index is 12.8. The molecular weight excluding hydrogens is 446 g/mol. The molecule has 2 saturated carbocycles. The summed E-state index contributed by atoms with van der Waals surface area (Å²) in [5, 5.41) is 8.88. The summed E-state index contributed by atoms with van der Waals surface area (Å²) in [5.74, 6) is 3.66. The standard InChI is InChI=1S/C31H41N3O2/c1-2-3-4-5-6-7-23-8-10-25(11-9-23)26-12-14-28(15-13-26)31(35)36-29-18-16-27(17-19-29)30-33-21-24(20-32)22-34-30/h16-19,21-23,25-26,28H,2-15H2,1H3/t23-,25-,26-,28-. The topological polar surface area (TPSA) is 75.9 Å². The van der Waals surface area contributed by atoms with Crippen LogP contribution in [-0.2, 0) is 4.79 Å². The summed E-state index contributed by atoms with van der Waals surface area (Å²) in [4.78, 5) is 21.2. The first-order chi connectivity index (χ1) is 17.7. The summed E-state index contributed by atoms with van der Waals surface area (Å²) < 4.78 is 5.72. The second-order valence-corrected chi connectivity index (χ2v) is 10.9. The lowest BCUT2D eigenvalue weighted by Crippen LogP contribution is -2.30. The molecule has 2 aliphatic carbocycles. The highest BCUT2D eigenvalue weighted by atomic mass is 16.5. The number of nitriles is 1. The van der Waals surface area contributed by atoms with E-state index in [0.717, 1.165) is 36.2 Å². The number of hydrogen-bond donors (Lipinski definition) is 0.